The summed E-state index contributed by atoms with van der Waals surface area (Å²) in [5.41, 5.74) is 0. The highest BCUT2D eigenvalue weighted by molar-refractivity contribution is 5.66. The van der Waals surface area contributed by atoms with E-state index >= 15 is 0 Å². The lowest BCUT2D eigenvalue weighted by Crippen LogP contribution is -1.93. The molecule has 0 aliphatic heterocycles. The Balaban J connectivity index is 3.06. The highest BCUT2D eigenvalue weighted by Crippen LogP contribution is 2.15. The second-order valence-electron chi connectivity index (χ2n) is 11.4. The van der Waals surface area contributed by atoms with Gasteiger partial charge in [-0.15, -0.1) is 0 Å². The Morgan fingerprint density at radius 3 is 0.944 bits per heavy atom. The zero-order chi connectivity index (χ0) is 26.2. The Kier molecular flexibility index (Phi) is 31.5. The number of allylic oxidation sites excluding steroid dienone is 2. The fourth-order valence-corrected chi connectivity index (χ4v) is 5.18. The Morgan fingerprint density at radius 1 is 0.417 bits per heavy atom. The summed E-state index contributed by atoms with van der Waals surface area (Å²) < 4.78 is 0. The molecule has 0 aliphatic rings. The van der Waals surface area contributed by atoms with Crippen LogP contribution in [0.15, 0.2) is 12.2 Å². The quantitative estimate of drug-likeness (QED) is 0.0749. The Hall–Kier alpha value is -0.790. The molecule has 1 N–H and O–H groups in total. The van der Waals surface area contributed by atoms with Gasteiger partial charge in [0, 0.05) is 6.42 Å². The van der Waals surface area contributed by atoms with E-state index in [1.165, 1.54) is 173 Å². The number of rotatable bonds is 31. The summed E-state index contributed by atoms with van der Waals surface area (Å²) in [7, 11) is 0. The largest absolute Gasteiger partial charge is 0.481 e. The Morgan fingerprint density at radius 2 is 0.667 bits per heavy atom. The normalized spacial score (nSPS) is 11.6. The third kappa shape index (κ3) is 33.2. The summed E-state index contributed by atoms with van der Waals surface area (Å²) >= 11 is 0. The number of carbonyl (C=O) groups is 1. The first-order valence-corrected chi connectivity index (χ1v) is 16.6. The van der Waals surface area contributed by atoms with Crippen molar-refractivity contribution < 1.29 is 9.90 Å². The number of carboxylic acid groups (broad SMARTS) is 1. The van der Waals surface area contributed by atoms with Crippen LogP contribution in [0.2, 0.25) is 0 Å². The lowest BCUT2D eigenvalue weighted by Gasteiger charge is -2.04. The molecule has 2 nitrogen and oxygen atoms in total. The molecule has 0 aromatic heterocycles. The van der Waals surface area contributed by atoms with Gasteiger partial charge in [0.2, 0.25) is 0 Å². The molecule has 0 aliphatic carbocycles. The molecule has 0 bridgehead atoms. The summed E-state index contributed by atoms with van der Waals surface area (Å²) in [4.78, 5) is 10.5. The van der Waals surface area contributed by atoms with E-state index in [2.05, 4.69) is 19.1 Å². The van der Waals surface area contributed by atoms with Crippen molar-refractivity contribution in [3.63, 3.8) is 0 Å². The molecule has 0 fully saturated rings. The molecule has 0 saturated carbocycles. The average molecular weight is 507 g/mol. The minimum atomic E-state index is -0.649. The molecule has 0 radical (unpaired) electrons. The second-order valence-corrected chi connectivity index (χ2v) is 11.4. The van der Waals surface area contributed by atoms with Crippen molar-refractivity contribution >= 4 is 5.97 Å². The SMILES string of the molecule is CCCCCCCC/C=C/CCCCCCCCCCCCCCCCCCCCCCCC(=O)O. The van der Waals surface area contributed by atoms with E-state index in [0.717, 1.165) is 12.8 Å². The highest BCUT2D eigenvalue weighted by Gasteiger charge is 1.98. The third-order valence-corrected chi connectivity index (χ3v) is 7.65. The number of hydrogen-bond donors (Lipinski definition) is 1. The molecule has 0 saturated heterocycles. The van der Waals surface area contributed by atoms with Crippen LogP contribution in [0, 0.1) is 0 Å². The van der Waals surface area contributed by atoms with Crippen LogP contribution in [0.3, 0.4) is 0 Å². The molecule has 36 heavy (non-hydrogen) atoms. The van der Waals surface area contributed by atoms with Gasteiger partial charge in [-0.3, -0.25) is 4.79 Å². The van der Waals surface area contributed by atoms with Gasteiger partial charge in [0.1, 0.15) is 0 Å². The van der Waals surface area contributed by atoms with E-state index in [4.69, 9.17) is 5.11 Å². The molecule has 0 amide bonds. The van der Waals surface area contributed by atoms with E-state index < -0.39 is 5.97 Å². The van der Waals surface area contributed by atoms with Gasteiger partial charge in [-0.25, -0.2) is 0 Å². The van der Waals surface area contributed by atoms with Gasteiger partial charge < -0.3 is 5.11 Å². The summed E-state index contributed by atoms with van der Waals surface area (Å²) in [5.74, 6) is -0.649. The van der Waals surface area contributed by atoms with Crippen molar-refractivity contribution in [3.8, 4) is 0 Å². The summed E-state index contributed by atoms with van der Waals surface area (Å²) in [6.07, 6.45) is 44.9. The van der Waals surface area contributed by atoms with Gasteiger partial charge in [0.05, 0.1) is 0 Å². The van der Waals surface area contributed by atoms with Crippen LogP contribution < -0.4 is 0 Å². The van der Waals surface area contributed by atoms with E-state index in [1.807, 2.05) is 0 Å². The van der Waals surface area contributed by atoms with Crippen molar-refractivity contribution in [1.82, 2.24) is 0 Å². The summed E-state index contributed by atoms with van der Waals surface area (Å²) in [6.45, 7) is 2.29. The van der Waals surface area contributed by atoms with E-state index in [0.29, 0.717) is 6.42 Å². The van der Waals surface area contributed by atoms with Crippen LogP contribution in [0.5, 0.6) is 0 Å². The monoisotopic (exact) mass is 507 g/mol. The molecule has 0 unspecified atom stereocenters. The average Bonchev–Trinajstić information content (AvgIpc) is 2.87. The number of aliphatic carboxylic acids is 1. The lowest BCUT2D eigenvalue weighted by molar-refractivity contribution is -0.137. The molecular formula is C34H66O2. The van der Waals surface area contributed by atoms with Crippen LogP contribution in [-0.4, -0.2) is 11.1 Å². The van der Waals surface area contributed by atoms with Crippen molar-refractivity contribution in [2.75, 3.05) is 0 Å². The lowest BCUT2D eigenvalue weighted by atomic mass is 10.0. The maximum Gasteiger partial charge on any atom is 0.303 e. The molecule has 0 atom stereocenters. The molecule has 0 heterocycles. The molecular weight excluding hydrogens is 440 g/mol. The zero-order valence-electron chi connectivity index (χ0n) is 24.7. The van der Waals surface area contributed by atoms with E-state index in [-0.39, 0.29) is 0 Å². The van der Waals surface area contributed by atoms with Crippen LogP contribution in [0.25, 0.3) is 0 Å². The smallest absolute Gasteiger partial charge is 0.303 e. The zero-order valence-corrected chi connectivity index (χ0v) is 24.7. The van der Waals surface area contributed by atoms with Crippen molar-refractivity contribution in [3.05, 3.63) is 12.2 Å². The first-order valence-electron chi connectivity index (χ1n) is 16.6. The first kappa shape index (κ1) is 35.2. The molecule has 0 rings (SSSR count). The minimum Gasteiger partial charge on any atom is -0.481 e. The van der Waals surface area contributed by atoms with Crippen molar-refractivity contribution in [2.24, 2.45) is 0 Å². The second kappa shape index (κ2) is 32.2. The topological polar surface area (TPSA) is 37.3 Å². The van der Waals surface area contributed by atoms with Gasteiger partial charge in [0.25, 0.3) is 0 Å². The predicted octanol–water partition coefficient (Wildman–Crippen LogP) is 12.4. The van der Waals surface area contributed by atoms with Crippen molar-refractivity contribution in [2.45, 2.75) is 200 Å². The highest BCUT2D eigenvalue weighted by atomic mass is 16.4. The van der Waals surface area contributed by atoms with E-state index in [1.54, 1.807) is 0 Å². The van der Waals surface area contributed by atoms with Crippen LogP contribution >= 0.6 is 0 Å². The van der Waals surface area contributed by atoms with Gasteiger partial charge in [-0.05, 0) is 32.1 Å². The fourth-order valence-electron chi connectivity index (χ4n) is 5.18. The van der Waals surface area contributed by atoms with Gasteiger partial charge in [0.15, 0.2) is 0 Å². The number of carboxylic acids is 1. The van der Waals surface area contributed by atoms with Gasteiger partial charge >= 0.3 is 5.97 Å². The maximum atomic E-state index is 10.5. The summed E-state index contributed by atoms with van der Waals surface area (Å²) in [6, 6.07) is 0. The molecule has 0 aromatic carbocycles. The first-order chi connectivity index (χ1) is 17.8. The fraction of sp³-hybridized carbons (Fsp3) is 0.912. The van der Waals surface area contributed by atoms with Crippen LogP contribution in [0.1, 0.15) is 200 Å². The molecule has 214 valence electrons. The Bertz CT molecular complexity index is 442. The van der Waals surface area contributed by atoms with Gasteiger partial charge in [-0.2, -0.15) is 0 Å². The van der Waals surface area contributed by atoms with Crippen molar-refractivity contribution in [1.29, 1.82) is 0 Å². The van der Waals surface area contributed by atoms with Gasteiger partial charge in [-0.1, -0.05) is 173 Å². The minimum absolute atomic E-state index is 0.345. The number of hydrogen-bond acceptors (Lipinski definition) is 1. The summed E-state index contributed by atoms with van der Waals surface area (Å²) in [5, 5.41) is 8.62. The molecule has 0 aromatic rings. The molecule has 0 spiro atoms. The molecule has 2 heteroatoms. The Labute approximate surface area is 227 Å². The number of unbranched alkanes of at least 4 members (excludes halogenated alkanes) is 27. The standard InChI is InChI=1S/C34H66O2/c1-2-3-4-5-6-7-8-9-10-11-12-13-14-15-16-17-18-19-20-21-22-23-24-25-26-27-28-29-30-31-32-33-34(35)36/h9-10H,2-8,11-33H2,1H3,(H,35,36)/b10-9+. The van der Waals surface area contributed by atoms with Crippen LogP contribution in [-0.2, 0) is 4.79 Å². The predicted molar refractivity (Wildman–Crippen MR) is 161 cm³/mol. The third-order valence-electron chi connectivity index (χ3n) is 7.65. The van der Waals surface area contributed by atoms with E-state index in [9.17, 15) is 4.79 Å². The van der Waals surface area contributed by atoms with Crippen LogP contribution in [0.4, 0.5) is 0 Å². The maximum absolute atomic E-state index is 10.5.